The van der Waals surface area contributed by atoms with Crippen LogP contribution in [0.3, 0.4) is 0 Å². The Hall–Kier alpha value is -2.44. The smallest absolute Gasteiger partial charge is 0.242 e. The van der Waals surface area contributed by atoms with Crippen LogP contribution in [0.5, 0.6) is 5.75 Å². The molecule has 0 spiro atoms. The zero-order valence-corrected chi connectivity index (χ0v) is 16.5. The van der Waals surface area contributed by atoms with Crippen LogP contribution in [-0.4, -0.2) is 37.6 Å². The first-order valence-corrected chi connectivity index (χ1v) is 10.0. The van der Waals surface area contributed by atoms with Crippen LogP contribution in [-0.2, 0) is 11.3 Å². The lowest BCUT2D eigenvalue weighted by Gasteiger charge is -2.25. The molecule has 150 valence electrons. The summed E-state index contributed by atoms with van der Waals surface area (Å²) in [6.45, 7) is 3.46. The third-order valence-electron chi connectivity index (χ3n) is 5.29. The molecule has 3 N–H and O–H groups in total. The van der Waals surface area contributed by atoms with Gasteiger partial charge in [0.1, 0.15) is 11.8 Å². The summed E-state index contributed by atoms with van der Waals surface area (Å²) >= 11 is 0. The van der Waals surface area contributed by atoms with Gasteiger partial charge in [-0.3, -0.25) is 9.78 Å². The largest absolute Gasteiger partial charge is 0.496 e. The number of amides is 1. The number of carbonyl (C=O) groups excluding carboxylic acids is 1. The van der Waals surface area contributed by atoms with Crippen molar-refractivity contribution in [2.45, 2.75) is 31.8 Å². The molecule has 1 aliphatic rings. The van der Waals surface area contributed by atoms with Crippen LogP contribution in [0.25, 0.3) is 0 Å². The monoisotopic (exact) mass is 382 g/mol. The fourth-order valence-corrected chi connectivity index (χ4v) is 3.64. The number of aromatic nitrogens is 1. The lowest BCUT2D eigenvalue weighted by molar-refractivity contribution is -0.123. The first-order valence-electron chi connectivity index (χ1n) is 10.0. The lowest BCUT2D eigenvalue weighted by atomic mass is 9.94. The highest BCUT2D eigenvalue weighted by Gasteiger charge is 2.23. The highest BCUT2D eigenvalue weighted by atomic mass is 16.5. The number of nitrogens with one attached hydrogen (secondary N) is 3. The number of piperidine rings is 1. The second kappa shape index (κ2) is 10.8. The molecule has 2 heterocycles. The highest BCUT2D eigenvalue weighted by molar-refractivity contribution is 5.84. The van der Waals surface area contributed by atoms with Crippen molar-refractivity contribution in [3.8, 4) is 5.75 Å². The zero-order chi connectivity index (χ0) is 19.6. The van der Waals surface area contributed by atoms with Crippen molar-refractivity contribution >= 4 is 5.91 Å². The normalized spacial score (nSPS) is 15.8. The zero-order valence-electron chi connectivity index (χ0n) is 16.5. The summed E-state index contributed by atoms with van der Waals surface area (Å²) in [5.74, 6) is 1.39. The first-order chi connectivity index (χ1) is 13.8. The van der Waals surface area contributed by atoms with E-state index in [9.17, 15) is 4.79 Å². The van der Waals surface area contributed by atoms with Crippen molar-refractivity contribution in [3.05, 3.63) is 59.9 Å². The maximum absolute atomic E-state index is 13.0. The van der Waals surface area contributed by atoms with Crippen LogP contribution in [0, 0.1) is 5.92 Å². The Morgan fingerprint density at radius 3 is 2.71 bits per heavy atom. The summed E-state index contributed by atoms with van der Waals surface area (Å²) in [5.41, 5.74) is 1.89. The second-order valence-electron chi connectivity index (χ2n) is 7.18. The predicted octanol–water partition coefficient (Wildman–Crippen LogP) is 2.43. The predicted molar refractivity (Wildman–Crippen MR) is 110 cm³/mol. The summed E-state index contributed by atoms with van der Waals surface area (Å²) in [4.78, 5) is 17.0. The van der Waals surface area contributed by atoms with Gasteiger partial charge in [0.25, 0.3) is 0 Å². The van der Waals surface area contributed by atoms with Crippen LogP contribution in [0.4, 0.5) is 0 Å². The Labute approximate surface area is 167 Å². The van der Waals surface area contributed by atoms with E-state index in [1.54, 1.807) is 19.5 Å². The molecule has 1 amide bonds. The van der Waals surface area contributed by atoms with E-state index in [0.29, 0.717) is 12.5 Å². The van der Waals surface area contributed by atoms with Gasteiger partial charge in [0.2, 0.25) is 5.91 Å². The molecule has 2 aromatic rings. The second-order valence-corrected chi connectivity index (χ2v) is 7.18. The van der Waals surface area contributed by atoms with Gasteiger partial charge in [0.05, 0.1) is 7.11 Å². The minimum atomic E-state index is -0.445. The number of hydrogen-bond donors (Lipinski definition) is 3. The standard InChI is InChI=1S/C22H30N4O2/c1-28-20-5-3-2-4-19(20)21(25-15-10-17-6-11-23-12-7-17)22(27)26-16-18-8-13-24-14-9-18/h2-5,8-9,13-14,17,21,23,25H,6-7,10-12,15-16H2,1H3,(H,26,27). The lowest BCUT2D eigenvalue weighted by Crippen LogP contribution is -2.38. The van der Waals surface area contributed by atoms with Gasteiger partial charge >= 0.3 is 0 Å². The quantitative estimate of drug-likeness (QED) is 0.621. The number of nitrogens with zero attached hydrogens (tertiary/aromatic N) is 1. The Morgan fingerprint density at radius 1 is 1.21 bits per heavy atom. The minimum absolute atomic E-state index is 0.0494. The van der Waals surface area contributed by atoms with Gasteiger partial charge in [-0.25, -0.2) is 0 Å². The number of hydrogen-bond acceptors (Lipinski definition) is 5. The number of para-hydroxylation sites is 1. The first kappa shape index (κ1) is 20.3. The van der Waals surface area contributed by atoms with Crippen LogP contribution >= 0.6 is 0 Å². The van der Waals surface area contributed by atoms with Crippen molar-refractivity contribution < 1.29 is 9.53 Å². The maximum Gasteiger partial charge on any atom is 0.242 e. The van der Waals surface area contributed by atoms with E-state index in [1.807, 2.05) is 36.4 Å². The van der Waals surface area contributed by atoms with Crippen LogP contribution in [0.15, 0.2) is 48.8 Å². The molecule has 6 nitrogen and oxygen atoms in total. The molecule has 0 saturated carbocycles. The summed E-state index contributed by atoms with van der Waals surface area (Å²) in [7, 11) is 1.64. The fraction of sp³-hybridized carbons (Fsp3) is 0.455. The molecule has 1 atom stereocenters. The Kier molecular flexibility index (Phi) is 7.82. The number of rotatable bonds is 9. The molecule has 1 fully saturated rings. The molecule has 0 radical (unpaired) electrons. The minimum Gasteiger partial charge on any atom is -0.496 e. The van der Waals surface area contributed by atoms with Crippen molar-refractivity contribution in [1.29, 1.82) is 0 Å². The topological polar surface area (TPSA) is 75.3 Å². The van der Waals surface area contributed by atoms with Crippen LogP contribution < -0.4 is 20.7 Å². The summed E-state index contributed by atoms with van der Waals surface area (Å²) in [5, 5.41) is 9.91. The van der Waals surface area contributed by atoms with Crippen molar-refractivity contribution in [2.24, 2.45) is 5.92 Å². The molecule has 0 bridgehead atoms. The molecule has 6 heteroatoms. The molecular weight excluding hydrogens is 352 g/mol. The van der Waals surface area contributed by atoms with Crippen molar-refractivity contribution in [3.63, 3.8) is 0 Å². The van der Waals surface area contributed by atoms with Gasteiger partial charge in [-0.15, -0.1) is 0 Å². The Balaban J connectivity index is 1.65. The van der Waals surface area contributed by atoms with Gasteiger partial charge in [-0.05, 0) is 68.6 Å². The highest BCUT2D eigenvalue weighted by Crippen LogP contribution is 2.25. The van der Waals surface area contributed by atoms with E-state index in [4.69, 9.17) is 4.74 Å². The van der Waals surface area contributed by atoms with E-state index in [1.165, 1.54) is 12.8 Å². The molecule has 3 rings (SSSR count). The van der Waals surface area contributed by atoms with Gasteiger partial charge in [0, 0.05) is 24.5 Å². The van der Waals surface area contributed by atoms with E-state index in [-0.39, 0.29) is 5.91 Å². The van der Waals surface area contributed by atoms with E-state index < -0.39 is 6.04 Å². The third kappa shape index (κ3) is 5.78. The van der Waals surface area contributed by atoms with E-state index in [0.717, 1.165) is 42.9 Å². The molecule has 1 aliphatic heterocycles. The SMILES string of the molecule is COc1ccccc1C(NCCC1CCNCC1)C(=O)NCc1ccncc1. The fourth-order valence-electron chi connectivity index (χ4n) is 3.64. The molecule has 1 aromatic carbocycles. The number of pyridine rings is 1. The average molecular weight is 383 g/mol. The van der Waals surface area contributed by atoms with Gasteiger partial charge in [-0.2, -0.15) is 0 Å². The van der Waals surface area contributed by atoms with E-state index in [2.05, 4.69) is 20.9 Å². The molecule has 28 heavy (non-hydrogen) atoms. The Bertz CT molecular complexity index is 732. The molecule has 1 saturated heterocycles. The van der Waals surface area contributed by atoms with Crippen molar-refractivity contribution in [2.75, 3.05) is 26.7 Å². The van der Waals surface area contributed by atoms with Gasteiger partial charge < -0.3 is 20.7 Å². The average Bonchev–Trinajstić information content (AvgIpc) is 2.76. The third-order valence-corrected chi connectivity index (χ3v) is 5.29. The number of methoxy groups -OCH3 is 1. The van der Waals surface area contributed by atoms with Crippen LogP contribution in [0.1, 0.15) is 36.4 Å². The van der Waals surface area contributed by atoms with E-state index >= 15 is 0 Å². The molecular formula is C22H30N4O2. The van der Waals surface area contributed by atoms with Gasteiger partial charge in [0.15, 0.2) is 0 Å². The summed E-state index contributed by atoms with van der Waals surface area (Å²) in [6, 6.07) is 11.1. The Morgan fingerprint density at radius 2 is 1.96 bits per heavy atom. The molecule has 0 aliphatic carbocycles. The van der Waals surface area contributed by atoms with Gasteiger partial charge in [-0.1, -0.05) is 18.2 Å². The summed E-state index contributed by atoms with van der Waals surface area (Å²) < 4.78 is 5.50. The molecule has 1 unspecified atom stereocenters. The molecule has 1 aromatic heterocycles. The number of ether oxygens (including phenoxy) is 1. The van der Waals surface area contributed by atoms with Crippen LogP contribution in [0.2, 0.25) is 0 Å². The number of carbonyl (C=O) groups is 1. The maximum atomic E-state index is 13.0. The number of benzene rings is 1. The van der Waals surface area contributed by atoms with Crippen molar-refractivity contribution in [1.82, 2.24) is 20.9 Å². The summed E-state index contributed by atoms with van der Waals surface area (Å²) in [6.07, 6.45) is 6.95.